The molecule has 2 N–H and O–H groups in total. The van der Waals surface area contributed by atoms with E-state index in [9.17, 15) is 4.79 Å². The summed E-state index contributed by atoms with van der Waals surface area (Å²) in [6.07, 6.45) is 10.0. The number of nitrogens with two attached hydrogens (primary N) is 1. The normalized spacial score (nSPS) is 19.0. The minimum Gasteiger partial charge on any atom is -0.380 e. The first-order valence-corrected chi connectivity index (χ1v) is 12.8. The van der Waals surface area contributed by atoms with E-state index in [-0.39, 0.29) is 24.5 Å². The number of carbonyl (C=O) groups is 1. The monoisotopic (exact) mass is 514 g/mol. The average Bonchev–Trinajstić information content (AvgIpc) is 3.31. The van der Waals surface area contributed by atoms with Gasteiger partial charge in [0, 0.05) is 44.4 Å². The molecule has 2 atom stereocenters. The van der Waals surface area contributed by atoms with Gasteiger partial charge in [0.05, 0.1) is 23.3 Å². The highest BCUT2D eigenvalue weighted by molar-refractivity contribution is 5.76. The molecule has 6 rings (SSSR count). The van der Waals surface area contributed by atoms with E-state index in [1.807, 2.05) is 4.90 Å². The minimum atomic E-state index is -0.391. The number of rotatable bonds is 8. The van der Waals surface area contributed by atoms with E-state index >= 15 is 0 Å². The van der Waals surface area contributed by atoms with Crippen molar-refractivity contribution in [1.29, 1.82) is 0 Å². The van der Waals surface area contributed by atoms with Crippen LogP contribution >= 0.6 is 0 Å². The molecule has 2 fully saturated rings. The fourth-order valence-electron chi connectivity index (χ4n) is 5.20. The van der Waals surface area contributed by atoms with Crippen molar-refractivity contribution in [3.05, 3.63) is 60.4 Å². The summed E-state index contributed by atoms with van der Waals surface area (Å²) in [5.41, 5.74) is 8.94. The molecule has 196 valence electrons. The predicted molar refractivity (Wildman–Crippen MR) is 139 cm³/mol. The van der Waals surface area contributed by atoms with Crippen LogP contribution in [0.1, 0.15) is 37.6 Å². The number of methoxy groups -OCH3 is 1. The van der Waals surface area contributed by atoms with Crippen molar-refractivity contribution in [3.63, 3.8) is 0 Å². The summed E-state index contributed by atoms with van der Waals surface area (Å²) in [6.45, 7) is 3.65. The number of anilines is 1. The molecule has 1 saturated heterocycles. The van der Waals surface area contributed by atoms with Gasteiger partial charge in [0.15, 0.2) is 5.82 Å². The van der Waals surface area contributed by atoms with Gasteiger partial charge in [-0.15, -0.1) is 0 Å². The van der Waals surface area contributed by atoms with Crippen LogP contribution in [-0.2, 0) is 21.5 Å². The first-order valence-electron chi connectivity index (χ1n) is 12.8. The standard InChI is InChI=1S/C27H30N8O3/c1-27(21-7-8-21,20-5-3-17(4-6-20)18-11-29-26(28)30-12-18)25-32-24(38-33-25)19-13-31-35(14-19)16-23(36)34-10-9-22(15-34)37-2/h3-6,11-14,21-22H,7-10,15-16H2,1-2H3,(H2,28,29,30)/t22?,27-/m0/s1. The lowest BCUT2D eigenvalue weighted by Crippen LogP contribution is -2.33. The van der Waals surface area contributed by atoms with E-state index in [0.29, 0.717) is 36.3 Å². The molecule has 1 aliphatic carbocycles. The molecule has 1 amide bonds. The number of aromatic nitrogens is 6. The van der Waals surface area contributed by atoms with Crippen molar-refractivity contribution in [2.24, 2.45) is 5.92 Å². The smallest absolute Gasteiger partial charge is 0.261 e. The summed E-state index contributed by atoms with van der Waals surface area (Å²) in [5, 5.41) is 8.75. The van der Waals surface area contributed by atoms with Gasteiger partial charge < -0.3 is 19.9 Å². The molecule has 0 spiro atoms. The number of carbonyl (C=O) groups excluding carboxylic acids is 1. The van der Waals surface area contributed by atoms with Gasteiger partial charge in [-0.1, -0.05) is 29.4 Å². The zero-order valence-electron chi connectivity index (χ0n) is 21.4. The summed E-state index contributed by atoms with van der Waals surface area (Å²) in [5.74, 6) is 1.73. The highest BCUT2D eigenvalue weighted by atomic mass is 16.5. The van der Waals surface area contributed by atoms with Crippen molar-refractivity contribution in [3.8, 4) is 22.6 Å². The van der Waals surface area contributed by atoms with Crippen molar-refractivity contribution >= 4 is 11.9 Å². The maximum absolute atomic E-state index is 12.7. The summed E-state index contributed by atoms with van der Waals surface area (Å²) < 4.78 is 12.7. The molecule has 1 aromatic carbocycles. The summed E-state index contributed by atoms with van der Waals surface area (Å²) in [7, 11) is 1.68. The average molecular weight is 515 g/mol. The lowest BCUT2D eigenvalue weighted by molar-refractivity contribution is -0.131. The summed E-state index contributed by atoms with van der Waals surface area (Å²) in [4.78, 5) is 27.5. The molecular formula is C27H30N8O3. The lowest BCUT2D eigenvalue weighted by atomic mass is 9.77. The number of ether oxygens (including phenoxy) is 1. The Morgan fingerprint density at radius 1 is 1.11 bits per heavy atom. The first-order chi connectivity index (χ1) is 18.4. The van der Waals surface area contributed by atoms with Crippen LogP contribution in [0.4, 0.5) is 5.95 Å². The fraction of sp³-hybridized carbons (Fsp3) is 0.407. The molecule has 1 aliphatic heterocycles. The number of nitrogens with zero attached hydrogens (tertiary/aromatic N) is 7. The van der Waals surface area contributed by atoms with Crippen molar-refractivity contribution in [2.45, 2.75) is 44.2 Å². The van der Waals surface area contributed by atoms with Gasteiger partial charge >= 0.3 is 0 Å². The van der Waals surface area contributed by atoms with Gasteiger partial charge in [-0.2, -0.15) is 10.1 Å². The molecular weight excluding hydrogens is 484 g/mol. The lowest BCUT2D eigenvalue weighted by Gasteiger charge is -2.27. The third-order valence-corrected chi connectivity index (χ3v) is 7.78. The molecule has 2 aliphatic rings. The topological polar surface area (TPSA) is 138 Å². The van der Waals surface area contributed by atoms with E-state index in [1.54, 1.807) is 36.6 Å². The molecule has 1 saturated carbocycles. The van der Waals surface area contributed by atoms with Gasteiger partial charge in [-0.3, -0.25) is 9.48 Å². The van der Waals surface area contributed by atoms with Gasteiger partial charge in [0.1, 0.15) is 6.54 Å². The number of likely N-dealkylation sites (tertiary alicyclic amines) is 1. The molecule has 4 aromatic rings. The van der Waals surface area contributed by atoms with Crippen LogP contribution in [0.2, 0.25) is 0 Å². The Kier molecular flexibility index (Phi) is 6.15. The second kappa shape index (κ2) is 9.64. The zero-order valence-corrected chi connectivity index (χ0v) is 21.4. The molecule has 0 bridgehead atoms. The number of nitrogen functional groups attached to an aromatic ring is 1. The molecule has 38 heavy (non-hydrogen) atoms. The highest BCUT2D eigenvalue weighted by Gasteiger charge is 2.47. The van der Waals surface area contributed by atoms with Crippen LogP contribution in [0.25, 0.3) is 22.6 Å². The van der Waals surface area contributed by atoms with Gasteiger partial charge in [0.2, 0.25) is 11.9 Å². The quantitative estimate of drug-likeness (QED) is 0.376. The maximum atomic E-state index is 12.7. The summed E-state index contributed by atoms with van der Waals surface area (Å²) in [6, 6.07) is 8.33. The van der Waals surface area contributed by atoms with Crippen LogP contribution < -0.4 is 5.73 Å². The van der Waals surface area contributed by atoms with Crippen LogP contribution in [0.5, 0.6) is 0 Å². The van der Waals surface area contributed by atoms with E-state index in [0.717, 1.165) is 36.0 Å². The Morgan fingerprint density at radius 3 is 2.55 bits per heavy atom. The van der Waals surface area contributed by atoms with Crippen molar-refractivity contribution in [1.82, 2.24) is 34.8 Å². The van der Waals surface area contributed by atoms with Crippen molar-refractivity contribution < 1.29 is 14.1 Å². The molecule has 11 nitrogen and oxygen atoms in total. The van der Waals surface area contributed by atoms with Gasteiger partial charge in [-0.05, 0) is 43.2 Å². The summed E-state index contributed by atoms with van der Waals surface area (Å²) >= 11 is 0. The number of benzene rings is 1. The molecule has 3 aromatic heterocycles. The predicted octanol–water partition coefficient (Wildman–Crippen LogP) is 2.94. The number of hydrogen-bond donors (Lipinski definition) is 1. The van der Waals surface area contributed by atoms with E-state index < -0.39 is 5.41 Å². The Morgan fingerprint density at radius 2 is 1.87 bits per heavy atom. The Hall–Kier alpha value is -4.12. The fourth-order valence-corrected chi connectivity index (χ4v) is 5.20. The van der Waals surface area contributed by atoms with E-state index in [2.05, 4.69) is 51.4 Å². The minimum absolute atomic E-state index is 0.0145. The Labute approximate surface area is 220 Å². The second-order valence-corrected chi connectivity index (χ2v) is 10.2. The second-order valence-electron chi connectivity index (χ2n) is 10.2. The third-order valence-electron chi connectivity index (χ3n) is 7.78. The van der Waals surface area contributed by atoms with Crippen LogP contribution in [0.3, 0.4) is 0 Å². The van der Waals surface area contributed by atoms with Crippen LogP contribution in [-0.4, -0.2) is 67.0 Å². The molecule has 0 radical (unpaired) electrons. The van der Waals surface area contributed by atoms with Crippen LogP contribution in [0.15, 0.2) is 53.6 Å². The SMILES string of the molecule is COC1CCN(C(=O)Cn2cc(-c3nc([C@@](C)(c4ccc(-c5cnc(N)nc5)cc4)C4CC4)no3)cn2)C1. The highest BCUT2D eigenvalue weighted by Crippen LogP contribution is 2.50. The first kappa shape index (κ1) is 24.2. The van der Waals surface area contributed by atoms with E-state index in [1.165, 1.54) is 0 Å². The van der Waals surface area contributed by atoms with Crippen LogP contribution in [0, 0.1) is 5.92 Å². The third kappa shape index (κ3) is 4.53. The van der Waals surface area contributed by atoms with Gasteiger partial charge in [-0.25, -0.2) is 9.97 Å². The van der Waals surface area contributed by atoms with E-state index in [4.69, 9.17) is 20.0 Å². The molecule has 11 heteroatoms. The zero-order chi connectivity index (χ0) is 26.3. The maximum Gasteiger partial charge on any atom is 0.261 e. The molecule has 1 unspecified atom stereocenters. The van der Waals surface area contributed by atoms with Gasteiger partial charge in [0.25, 0.3) is 5.89 Å². The Balaban J connectivity index is 1.20. The molecule has 4 heterocycles. The van der Waals surface area contributed by atoms with Crippen molar-refractivity contribution in [2.75, 3.05) is 25.9 Å². The Bertz CT molecular complexity index is 1430. The number of amides is 1. The number of hydrogen-bond acceptors (Lipinski definition) is 9. The largest absolute Gasteiger partial charge is 0.380 e.